The molecule has 0 radical (unpaired) electrons. The predicted octanol–water partition coefficient (Wildman–Crippen LogP) is 2.18. The number of thiophene rings is 1. The molecule has 0 aromatic carbocycles. The molecule has 1 amide bonds. The van der Waals surface area contributed by atoms with Crippen LogP contribution in [0.1, 0.15) is 36.0 Å². The van der Waals surface area contributed by atoms with Crippen LogP contribution in [-0.4, -0.2) is 43.8 Å². The molecular weight excluding hydrogens is 282 g/mol. The lowest BCUT2D eigenvalue weighted by Gasteiger charge is -2.36. The average molecular weight is 301 g/mol. The SMILES string of the molecule is CN(C(=O)c1ccsc1)[C@H]1CCCC[C@H]1S(C)(=O)=O. The summed E-state index contributed by atoms with van der Waals surface area (Å²) in [4.78, 5) is 13.9. The summed E-state index contributed by atoms with van der Waals surface area (Å²) in [7, 11) is -1.40. The van der Waals surface area contributed by atoms with E-state index in [-0.39, 0.29) is 11.9 Å². The third-order valence-electron chi connectivity index (χ3n) is 3.80. The van der Waals surface area contributed by atoms with Crippen molar-refractivity contribution >= 4 is 27.1 Å². The maximum absolute atomic E-state index is 12.3. The largest absolute Gasteiger partial charge is 0.337 e. The maximum atomic E-state index is 12.3. The van der Waals surface area contributed by atoms with E-state index in [0.29, 0.717) is 12.0 Å². The first-order valence-corrected chi connectivity index (χ1v) is 9.29. The lowest BCUT2D eigenvalue weighted by Crippen LogP contribution is -2.49. The fraction of sp³-hybridized carbons (Fsp3) is 0.615. The zero-order valence-corrected chi connectivity index (χ0v) is 12.8. The molecule has 106 valence electrons. The van der Waals surface area contributed by atoms with Crippen LogP contribution >= 0.6 is 11.3 Å². The van der Waals surface area contributed by atoms with Crippen molar-refractivity contribution in [1.29, 1.82) is 0 Å². The Balaban J connectivity index is 2.21. The molecule has 1 fully saturated rings. The summed E-state index contributed by atoms with van der Waals surface area (Å²) in [5.41, 5.74) is 0.644. The highest BCUT2D eigenvalue weighted by atomic mass is 32.2. The third kappa shape index (κ3) is 3.17. The molecule has 0 N–H and O–H groups in total. The van der Waals surface area contributed by atoms with E-state index in [1.54, 1.807) is 23.4 Å². The molecule has 0 saturated heterocycles. The summed E-state index contributed by atoms with van der Waals surface area (Å²) in [6, 6.07) is 1.58. The molecule has 4 nitrogen and oxygen atoms in total. The van der Waals surface area contributed by atoms with E-state index in [0.717, 1.165) is 19.3 Å². The zero-order valence-electron chi connectivity index (χ0n) is 11.2. The van der Waals surface area contributed by atoms with Crippen LogP contribution in [0.15, 0.2) is 16.8 Å². The summed E-state index contributed by atoms with van der Waals surface area (Å²) in [5.74, 6) is -0.0817. The minimum Gasteiger partial charge on any atom is -0.337 e. The first-order valence-electron chi connectivity index (χ1n) is 6.39. The van der Waals surface area contributed by atoms with Crippen LogP contribution in [0.3, 0.4) is 0 Å². The Morgan fingerprint density at radius 1 is 1.37 bits per heavy atom. The molecule has 0 aliphatic heterocycles. The number of nitrogens with zero attached hydrogens (tertiary/aromatic N) is 1. The molecule has 0 unspecified atom stereocenters. The minimum atomic E-state index is -3.11. The van der Waals surface area contributed by atoms with Gasteiger partial charge in [0, 0.05) is 24.7 Å². The van der Waals surface area contributed by atoms with Crippen molar-refractivity contribution in [3.05, 3.63) is 22.4 Å². The van der Waals surface area contributed by atoms with Gasteiger partial charge in [0.25, 0.3) is 5.91 Å². The van der Waals surface area contributed by atoms with Gasteiger partial charge in [0.15, 0.2) is 9.84 Å². The van der Waals surface area contributed by atoms with Crippen molar-refractivity contribution in [2.24, 2.45) is 0 Å². The summed E-state index contributed by atoms with van der Waals surface area (Å²) in [6.07, 6.45) is 4.61. The van der Waals surface area contributed by atoms with E-state index in [4.69, 9.17) is 0 Å². The number of carbonyl (C=O) groups is 1. The van der Waals surface area contributed by atoms with Gasteiger partial charge < -0.3 is 4.90 Å². The molecule has 1 aliphatic rings. The molecule has 1 saturated carbocycles. The normalized spacial score (nSPS) is 24.1. The number of sulfone groups is 1. The van der Waals surface area contributed by atoms with E-state index < -0.39 is 15.1 Å². The van der Waals surface area contributed by atoms with Crippen molar-refractivity contribution in [3.63, 3.8) is 0 Å². The molecule has 1 heterocycles. The Hall–Kier alpha value is -0.880. The number of amides is 1. The van der Waals surface area contributed by atoms with Crippen LogP contribution < -0.4 is 0 Å². The summed E-state index contributed by atoms with van der Waals surface area (Å²) < 4.78 is 23.7. The van der Waals surface area contributed by atoms with E-state index >= 15 is 0 Å². The third-order valence-corrected chi connectivity index (χ3v) is 6.14. The van der Waals surface area contributed by atoms with Crippen LogP contribution in [0.2, 0.25) is 0 Å². The van der Waals surface area contributed by atoms with Crippen molar-refractivity contribution in [2.75, 3.05) is 13.3 Å². The van der Waals surface area contributed by atoms with Crippen LogP contribution in [0.25, 0.3) is 0 Å². The number of rotatable bonds is 3. The number of hydrogen-bond acceptors (Lipinski definition) is 4. The first-order chi connectivity index (χ1) is 8.91. The van der Waals surface area contributed by atoms with Gasteiger partial charge in [-0.2, -0.15) is 11.3 Å². The average Bonchev–Trinajstić information content (AvgIpc) is 2.90. The number of hydrogen-bond donors (Lipinski definition) is 0. The van der Waals surface area contributed by atoms with Crippen molar-refractivity contribution in [2.45, 2.75) is 37.0 Å². The second kappa shape index (κ2) is 5.63. The Labute approximate surface area is 118 Å². The smallest absolute Gasteiger partial charge is 0.254 e. The van der Waals surface area contributed by atoms with Crippen LogP contribution in [0.5, 0.6) is 0 Å². The van der Waals surface area contributed by atoms with E-state index in [2.05, 4.69) is 0 Å². The Morgan fingerprint density at radius 2 is 2.05 bits per heavy atom. The van der Waals surface area contributed by atoms with Gasteiger partial charge in [0.2, 0.25) is 0 Å². The highest BCUT2D eigenvalue weighted by Crippen LogP contribution is 2.28. The van der Waals surface area contributed by atoms with Crippen LogP contribution in [0, 0.1) is 0 Å². The topological polar surface area (TPSA) is 54.5 Å². The molecule has 19 heavy (non-hydrogen) atoms. The van der Waals surface area contributed by atoms with Gasteiger partial charge in [-0.05, 0) is 24.3 Å². The summed E-state index contributed by atoms with van der Waals surface area (Å²) in [6.45, 7) is 0. The van der Waals surface area contributed by atoms with Gasteiger partial charge in [-0.15, -0.1) is 0 Å². The quantitative estimate of drug-likeness (QED) is 0.860. The van der Waals surface area contributed by atoms with Crippen molar-refractivity contribution in [3.8, 4) is 0 Å². The monoisotopic (exact) mass is 301 g/mol. The van der Waals surface area contributed by atoms with Gasteiger partial charge in [0.1, 0.15) is 0 Å². The second-order valence-corrected chi connectivity index (χ2v) is 8.19. The molecule has 0 bridgehead atoms. The van der Waals surface area contributed by atoms with Gasteiger partial charge in [-0.3, -0.25) is 4.79 Å². The van der Waals surface area contributed by atoms with Crippen molar-refractivity contribution < 1.29 is 13.2 Å². The second-order valence-electron chi connectivity index (χ2n) is 5.15. The van der Waals surface area contributed by atoms with E-state index in [1.165, 1.54) is 17.6 Å². The standard InChI is InChI=1S/C13H19NO3S2/c1-14(13(15)10-7-8-18-9-10)11-5-3-4-6-12(11)19(2,16)17/h7-9,11-12H,3-6H2,1-2H3/t11-,12+/m0/s1. The highest BCUT2D eigenvalue weighted by molar-refractivity contribution is 7.91. The number of carbonyl (C=O) groups excluding carboxylic acids is 1. The predicted molar refractivity (Wildman–Crippen MR) is 77.3 cm³/mol. The van der Waals surface area contributed by atoms with Gasteiger partial charge in [-0.25, -0.2) is 8.42 Å². The Bertz CT molecular complexity index is 536. The van der Waals surface area contributed by atoms with E-state index in [9.17, 15) is 13.2 Å². The minimum absolute atomic E-state index is 0.0817. The summed E-state index contributed by atoms with van der Waals surface area (Å²) >= 11 is 1.47. The molecule has 6 heteroatoms. The lowest BCUT2D eigenvalue weighted by molar-refractivity contribution is 0.0701. The molecule has 1 aromatic rings. The van der Waals surface area contributed by atoms with Gasteiger partial charge in [-0.1, -0.05) is 12.8 Å². The molecule has 0 spiro atoms. The fourth-order valence-electron chi connectivity index (χ4n) is 2.76. The van der Waals surface area contributed by atoms with Crippen LogP contribution in [-0.2, 0) is 9.84 Å². The molecule has 1 aliphatic carbocycles. The Morgan fingerprint density at radius 3 is 2.63 bits per heavy atom. The maximum Gasteiger partial charge on any atom is 0.254 e. The van der Waals surface area contributed by atoms with Gasteiger partial charge >= 0.3 is 0 Å². The highest BCUT2D eigenvalue weighted by Gasteiger charge is 2.37. The zero-order chi connectivity index (χ0) is 14.0. The van der Waals surface area contributed by atoms with E-state index in [1.807, 2.05) is 5.38 Å². The lowest BCUT2D eigenvalue weighted by atomic mass is 9.93. The van der Waals surface area contributed by atoms with Crippen LogP contribution in [0.4, 0.5) is 0 Å². The fourth-order valence-corrected chi connectivity index (χ4v) is 4.87. The Kier molecular flexibility index (Phi) is 4.30. The van der Waals surface area contributed by atoms with Gasteiger partial charge in [0.05, 0.1) is 10.8 Å². The van der Waals surface area contributed by atoms with Crippen molar-refractivity contribution in [1.82, 2.24) is 4.90 Å². The first kappa shape index (κ1) is 14.5. The molecule has 1 aromatic heterocycles. The molecular formula is C13H19NO3S2. The molecule has 2 rings (SSSR count). The molecule has 2 atom stereocenters. The summed E-state index contributed by atoms with van der Waals surface area (Å²) in [5, 5.41) is 3.24.